The van der Waals surface area contributed by atoms with Crippen molar-refractivity contribution in [1.82, 2.24) is 10.2 Å². The zero-order chi connectivity index (χ0) is 26.2. The highest BCUT2D eigenvalue weighted by molar-refractivity contribution is 7.92. The lowest BCUT2D eigenvalue weighted by Crippen LogP contribution is -2.52. The zero-order valence-corrected chi connectivity index (χ0v) is 22.0. The number of sulfonamides is 1. The smallest absolute Gasteiger partial charge is 0.244 e. The molecule has 2 aromatic carbocycles. The molecule has 0 aliphatic carbocycles. The van der Waals surface area contributed by atoms with Crippen LogP contribution in [-0.4, -0.2) is 64.2 Å². The number of hydrogen-bond acceptors (Lipinski definition) is 6. The summed E-state index contributed by atoms with van der Waals surface area (Å²) in [5.41, 5.74) is 1.07. The van der Waals surface area contributed by atoms with E-state index in [1.807, 2.05) is 19.9 Å². The topological polar surface area (TPSA) is 105 Å². The van der Waals surface area contributed by atoms with E-state index in [1.165, 1.54) is 12.0 Å². The third kappa shape index (κ3) is 7.88. The van der Waals surface area contributed by atoms with Crippen molar-refractivity contribution in [3.8, 4) is 11.5 Å². The first kappa shape index (κ1) is 28.0. The van der Waals surface area contributed by atoms with Gasteiger partial charge in [-0.15, -0.1) is 0 Å². The molecule has 2 rings (SSSR count). The molecule has 1 N–H and O–H groups in total. The maximum atomic E-state index is 13.5. The molecule has 0 spiro atoms. The lowest BCUT2D eigenvalue weighted by Gasteiger charge is -2.32. The number of hydrogen-bond donors (Lipinski definition) is 1. The van der Waals surface area contributed by atoms with Gasteiger partial charge in [-0.05, 0) is 62.2 Å². The SMILES string of the molecule is CC[C@H](C)NC(=O)[C@H](C)N(Cc1cccc(OC)c1)C(=O)CN(c1ccc(OC)cc1)S(C)(=O)=O. The van der Waals surface area contributed by atoms with Crippen LogP contribution >= 0.6 is 0 Å². The number of rotatable bonds is 12. The van der Waals surface area contributed by atoms with Crippen molar-refractivity contribution < 1.29 is 27.5 Å². The second kappa shape index (κ2) is 12.4. The molecule has 0 radical (unpaired) electrons. The minimum Gasteiger partial charge on any atom is -0.497 e. The molecule has 0 saturated heterocycles. The molecule has 192 valence electrons. The number of carbonyl (C=O) groups is 2. The molecule has 10 heteroatoms. The van der Waals surface area contributed by atoms with Crippen molar-refractivity contribution in [2.75, 3.05) is 31.3 Å². The first-order chi connectivity index (χ1) is 16.5. The first-order valence-electron chi connectivity index (χ1n) is 11.3. The van der Waals surface area contributed by atoms with Crippen LogP contribution < -0.4 is 19.1 Å². The van der Waals surface area contributed by atoms with Gasteiger partial charge in [0.15, 0.2) is 0 Å². The van der Waals surface area contributed by atoms with Gasteiger partial charge in [0.2, 0.25) is 21.8 Å². The lowest BCUT2D eigenvalue weighted by molar-refractivity contribution is -0.139. The van der Waals surface area contributed by atoms with Crippen molar-refractivity contribution in [2.24, 2.45) is 0 Å². The highest BCUT2D eigenvalue weighted by Crippen LogP contribution is 2.23. The molecule has 0 heterocycles. The monoisotopic (exact) mass is 505 g/mol. The minimum absolute atomic E-state index is 0.0643. The summed E-state index contributed by atoms with van der Waals surface area (Å²) in [5, 5.41) is 2.90. The zero-order valence-electron chi connectivity index (χ0n) is 21.1. The molecule has 0 aliphatic heterocycles. The molecule has 0 unspecified atom stereocenters. The fourth-order valence-electron chi connectivity index (χ4n) is 3.38. The van der Waals surface area contributed by atoms with Crippen molar-refractivity contribution >= 4 is 27.5 Å². The van der Waals surface area contributed by atoms with Crippen molar-refractivity contribution in [3.05, 3.63) is 54.1 Å². The Balaban J connectivity index is 2.39. The summed E-state index contributed by atoms with van der Waals surface area (Å²) in [4.78, 5) is 27.8. The molecule has 35 heavy (non-hydrogen) atoms. The Morgan fingerprint density at radius 3 is 2.17 bits per heavy atom. The number of anilines is 1. The van der Waals surface area contributed by atoms with Gasteiger partial charge in [0, 0.05) is 12.6 Å². The van der Waals surface area contributed by atoms with Gasteiger partial charge in [-0.3, -0.25) is 13.9 Å². The molecular weight excluding hydrogens is 470 g/mol. The molecule has 9 nitrogen and oxygen atoms in total. The molecule has 0 fully saturated rings. The van der Waals surface area contributed by atoms with Gasteiger partial charge in [0.25, 0.3) is 0 Å². The van der Waals surface area contributed by atoms with Gasteiger partial charge >= 0.3 is 0 Å². The molecule has 2 atom stereocenters. The Bertz CT molecular complexity index is 1100. The molecule has 2 aromatic rings. The lowest BCUT2D eigenvalue weighted by atomic mass is 10.1. The molecule has 0 aromatic heterocycles. The highest BCUT2D eigenvalue weighted by Gasteiger charge is 2.30. The van der Waals surface area contributed by atoms with Crippen LogP contribution in [0, 0.1) is 0 Å². The minimum atomic E-state index is -3.79. The van der Waals surface area contributed by atoms with E-state index in [0.29, 0.717) is 17.2 Å². The fraction of sp³-hybridized carbons (Fsp3) is 0.440. The van der Waals surface area contributed by atoms with Gasteiger partial charge < -0.3 is 19.7 Å². The van der Waals surface area contributed by atoms with E-state index >= 15 is 0 Å². The predicted octanol–water partition coefficient (Wildman–Crippen LogP) is 2.80. The van der Waals surface area contributed by atoms with Gasteiger partial charge in [0.05, 0.1) is 26.2 Å². The normalized spacial score (nSPS) is 12.9. The Hall–Kier alpha value is -3.27. The molecule has 0 bridgehead atoms. The number of benzene rings is 2. The van der Waals surface area contributed by atoms with Crippen LogP contribution in [0.15, 0.2) is 48.5 Å². The Morgan fingerprint density at radius 1 is 1.00 bits per heavy atom. The third-order valence-corrected chi connectivity index (χ3v) is 6.84. The Kier molecular flexibility index (Phi) is 9.94. The van der Waals surface area contributed by atoms with Crippen LogP contribution in [0.5, 0.6) is 11.5 Å². The van der Waals surface area contributed by atoms with E-state index in [0.717, 1.165) is 22.5 Å². The largest absolute Gasteiger partial charge is 0.497 e. The third-order valence-electron chi connectivity index (χ3n) is 5.70. The summed E-state index contributed by atoms with van der Waals surface area (Å²) in [6.07, 6.45) is 1.78. The van der Waals surface area contributed by atoms with E-state index in [9.17, 15) is 18.0 Å². The molecule has 0 aliphatic rings. The summed E-state index contributed by atoms with van der Waals surface area (Å²) in [6, 6.07) is 12.6. The van der Waals surface area contributed by atoms with Crippen molar-refractivity contribution in [3.63, 3.8) is 0 Å². The van der Waals surface area contributed by atoms with Gasteiger partial charge in [0.1, 0.15) is 24.1 Å². The summed E-state index contributed by atoms with van der Waals surface area (Å²) in [6.45, 7) is 5.11. The maximum Gasteiger partial charge on any atom is 0.244 e. The van der Waals surface area contributed by atoms with Crippen LogP contribution in [0.1, 0.15) is 32.8 Å². The van der Waals surface area contributed by atoms with Crippen LogP contribution in [0.2, 0.25) is 0 Å². The summed E-state index contributed by atoms with van der Waals surface area (Å²) in [5.74, 6) is 0.345. The number of methoxy groups -OCH3 is 2. The van der Waals surface area contributed by atoms with Crippen molar-refractivity contribution in [1.29, 1.82) is 0 Å². The van der Waals surface area contributed by atoms with Gasteiger partial charge in [-0.25, -0.2) is 8.42 Å². The van der Waals surface area contributed by atoms with Crippen LogP contribution in [0.3, 0.4) is 0 Å². The predicted molar refractivity (Wildman–Crippen MR) is 136 cm³/mol. The van der Waals surface area contributed by atoms with E-state index in [1.54, 1.807) is 56.5 Å². The standard InChI is InChI=1S/C25H35N3O6S/c1-7-18(2)26-25(30)19(3)27(16-20-9-8-10-23(15-20)34-5)24(29)17-28(35(6,31)32)21-11-13-22(33-4)14-12-21/h8-15,18-19H,7,16-17H2,1-6H3,(H,26,30)/t18-,19-/m0/s1. The second-order valence-corrected chi connectivity index (χ2v) is 10.2. The van der Waals surface area contributed by atoms with E-state index in [2.05, 4.69) is 5.32 Å². The number of nitrogens with one attached hydrogen (secondary N) is 1. The van der Waals surface area contributed by atoms with E-state index < -0.39 is 28.5 Å². The Morgan fingerprint density at radius 2 is 1.63 bits per heavy atom. The van der Waals surface area contributed by atoms with Crippen LogP contribution in [0.4, 0.5) is 5.69 Å². The average Bonchev–Trinajstić information content (AvgIpc) is 2.84. The van der Waals surface area contributed by atoms with Gasteiger partial charge in [-0.1, -0.05) is 19.1 Å². The molecule has 2 amide bonds. The number of nitrogens with zero attached hydrogens (tertiary/aromatic N) is 2. The molecule has 0 saturated carbocycles. The number of ether oxygens (including phenoxy) is 2. The summed E-state index contributed by atoms with van der Waals surface area (Å²) < 4.78 is 36.6. The number of carbonyl (C=O) groups excluding carboxylic acids is 2. The van der Waals surface area contributed by atoms with Crippen LogP contribution in [-0.2, 0) is 26.2 Å². The fourth-order valence-corrected chi connectivity index (χ4v) is 4.23. The number of amides is 2. The maximum absolute atomic E-state index is 13.5. The van der Waals surface area contributed by atoms with E-state index in [4.69, 9.17) is 9.47 Å². The summed E-state index contributed by atoms with van der Waals surface area (Å²) in [7, 11) is -0.740. The van der Waals surface area contributed by atoms with Gasteiger partial charge in [-0.2, -0.15) is 0 Å². The average molecular weight is 506 g/mol. The Labute approximate surface area is 208 Å². The van der Waals surface area contributed by atoms with E-state index in [-0.39, 0.29) is 18.5 Å². The quantitative estimate of drug-likeness (QED) is 0.476. The summed E-state index contributed by atoms with van der Waals surface area (Å²) >= 11 is 0. The van der Waals surface area contributed by atoms with Crippen molar-refractivity contribution in [2.45, 2.75) is 45.8 Å². The second-order valence-electron chi connectivity index (χ2n) is 8.33. The first-order valence-corrected chi connectivity index (χ1v) is 13.2. The molecular formula is C25H35N3O6S. The highest BCUT2D eigenvalue weighted by atomic mass is 32.2. The van der Waals surface area contributed by atoms with Crippen LogP contribution in [0.25, 0.3) is 0 Å².